The number of imidazole rings is 2. The van der Waals surface area contributed by atoms with Gasteiger partial charge in [-0.3, -0.25) is 4.57 Å². The standard InChI is InChI=1S/C27H21FN8.C2HF3O2/c28-20-13-30-27(34-26(20)36-16-31-21-6-1-2-7-23(21)36)32-19-5-3-4-17(12-19)18-8-9-25-33-22-14-29-11-10-24(22)35(25)15-18;3-2(4,5)1(6)7/h1-9,12-13,15-16,29H,10-11,14H2,(H,30,32,34);(H,6,7). The Hall–Kier alpha value is -5.37. The topological polar surface area (TPSA) is 122 Å². The maximum atomic E-state index is 14.7. The average Bonchev–Trinajstić information content (AvgIpc) is 3.59. The van der Waals surface area contributed by atoms with E-state index in [1.165, 1.54) is 11.9 Å². The number of aromatic nitrogens is 6. The molecule has 4 aromatic heterocycles. The third kappa shape index (κ3) is 5.72. The number of fused-ring (bicyclic) bond motifs is 4. The summed E-state index contributed by atoms with van der Waals surface area (Å²) in [6, 6.07) is 19.7. The third-order valence-electron chi connectivity index (χ3n) is 6.73. The van der Waals surface area contributed by atoms with E-state index in [2.05, 4.69) is 54.4 Å². The quantitative estimate of drug-likeness (QED) is 0.237. The van der Waals surface area contributed by atoms with Crippen LogP contribution in [0.2, 0.25) is 0 Å². The van der Waals surface area contributed by atoms with E-state index in [1.54, 1.807) is 10.9 Å². The fourth-order valence-electron chi connectivity index (χ4n) is 4.75. The molecule has 0 unspecified atom stereocenters. The van der Waals surface area contributed by atoms with Crippen molar-refractivity contribution in [1.29, 1.82) is 0 Å². The second-order valence-electron chi connectivity index (χ2n) is 9.56. The predicted molar refractivity (Wildman–Crippen MR) is 150 cm³/mol. The van der Waals surface area contributed by atoms with Crippen molar-refractivity contribution in [3.8, 4) is 16.9 Å². The van der Waals surface area contributed by atoms with Crippen LogP contribution < -0.4 is 10.6 Å². The van der Waals surface area contributed by atoms with Gasteiger partial charge in [-0.05, 0) is 47.5 Å². The summed E-state index contributed by atoms with van der Waals surface area (Å²) < 4.78 is 50.2. The molecule has 14 heteroatoms. The predicted octanol–water partition coefficient (Wildman–Crippen LogP) is 5.29. The number of hydrogen-bond donors (Lipinski definition) is 3. The lowest BCUT2D eigenvalue weighted by Crippen LogP contribution is -2.24. The highest BCUT2D eigenvalue weighted by atomic mass is 19.4. The van der Waals surface area contributed by atoms with Gasteiger partial charge in [-0.15, -0.1) is 0 Å². The van der Waals surface area contributed by atoms with Crippen molar-refractivity contribution in [2.45, 2.75) is 19.1 Å². The minimum atomic E-state index is -5.08. The van der Waals surface area contributed by atoms with E-state index in [0.29, 0.717) is 5.95 Å². The number of nitrogens with zero attached hydrogens (tertiary/aromatic N) is 6. The van der Waals surface area contributed by atoms with E-state index in [4.69, 9.17) is 14.9 Å². The first-order chi connectivity index (χ1) is 20.7. The summed E-state index contributed by atoms with van der Waals surface area (Å²) in [5.41, 5.74) is 7.80. The van der Waals surface area contributed by atoms with E-state index in [9.17, 15) is 17.6 Å². The molecule has 0 aliphatic carbocycles. The largest absolute Gasteiger partial charge is 0.490 e. The molecule has 0 fully saturated rings. The molecule has 2 aromatic carbocycles. The highest BCUT2D eigenvalue weighted by Gasteiger charge is 2.38. The van der Waals surface area contributed by atoms with Gasteiger partial charge < -0.3 is 20.1 Å². The Morgan fingerprint density at radius 2 is 1.81 bits per heavy atom. The van der Waals surface area contributed by atoms with Crippen LogP contribution in [0.5, 0.6) is 0 Å². The van der Waals surface area contributed by atoms with E-state index in [0.717, 1.165) is 58.7 Å². The maximum Gasteiger partial charge on any atom is 0.490 e. The number of halogens is 4. The molecule has 1 aliphatic rings. The van der Waals surface area contributed by atoms with Crippen molar-refractivity contribution in [2.24, 2.45) is 0 Å². The second kappa shape index (κ2) is 11.1. The fraction of sp³-hybridized carbons (Fsp3) is 0.138. The fourth-order valence-corrected chi connectivity index (χ4v) is 4.75. The number of aliphatic carboxylic acids is 1. The van der Waals surface area contributed by atoms with Gasteiger partial charge in [0.05, 0.1) is 22.9 Å². The summed E-state index contributed by atoms with van der Waals surface area (Å²) in [7, 11) is 0. The minimum Gasteiger partial charge on any atom is -0.475 e. The number of anilines is 2. The van der Waals surface area contributed by atoms with Gasteiger partial charge in [0.25, 0.3) is 0 Å². The maximum absolute atomic E-state index is 14.7. The molecule has 5 heterocycles. The van der Waals surface area contributed by atoms with Crippen LogP contribution in [0, 0.1) is 5.82 Å². The molecule has 0 spiro atoms. The summed E-state index contributed by atoms with van der Waals surface area (Å²) in [6.07, 6.45) is 0.760. The van der Waals surface area contributed by atoms with Gasteiger partial charge in [0, 0.05) is 37.1 Å². The number of carbonyl (C=O) groups is 1. The number of alkyl halides is 3. The van der Waals surface area contributed by atoms with E-state index in [-0.39, 0.29) is 5.82 Å². The minimum absolute atomic E-state index is 0.141. The molecule has 0 atom stereocenters. The monoisotopic (exact) mass is 590 g/mol. The van der Waals surface area contributed by atoms with Crippen molar-refractivity contribution < 1.29 is 27.5 Å². The Morgan fingerprint density at radius 1 is 1.00 bits per heavy atom. The van der Waals surface area contributed by atoms with E-state index in [1.807, 2.05) is 42.5 Å². The molecule has 0 saturated heterocycles. The number of carboxylic acid groups (broad SMARTS) is 1. The van der Waals surface area contributed by atoms with Crippen LogP contribution in [0.1, 0.15) is 11.4 Å². The molecular formula is C29H22F4N8O2. The molecule has 10 nitrogen and oxygen atoms in total. The first kappa shape index (κ1) is 27.8. The molecule has 0 saturated carbocycles. The molecular weight excluding hydrogens is 568 g/mol. The Balaban J connectivity index is 0.000000423. The SMILES string of the molecule is Fc1cnc(Nc2cccc(-c3ccc4nc5c(n4c3)CCNC5)c2)nc1-n1cnc2ccccc21.O=C(O)C(F)(F)F. The summed E-state index contributed by atoms with van der Waals surface area (Å²) in [4.78, 5) is 26.6. The van der Waals surface area contributed by atoms with Gasteiger partial charge >= 0.3 is 12.1 Å². The molecule has 218 valence electrons. The van der Waals surface area contributed by atoms with Gasteiger partial charge in [0.15, 0.2) is 11.6 Å². The van der Waals surface area contributed by atoms with Crippen molar-refractivity contribution in [2.75, 3.05) is 11.9 Å². The number of benzene rings is 2. The van der Waals surface area contributed by atoms with Crippen LogP contribution in [-0.4, -0.2) is 52.7 Å². The van der Waals surface area contributed by atoms with Gasteiger partial charge in [0.2, 0.25) is 5.95 Å². The highest BCUT2D eigenvalue weighted by Crippen LogP contribution is 2.27. The number of nitrogens with one attached hydrogen (secondary N) is 2. The van der Waals surface area contributed by atoms with Crippen molar-refractivity contribution in [3.05, 3.63) is 96.6 Å². The summed E-state index contributed by atoms with van der Waals surface area (Å²) in [6.45, 7) is 1.76. The lowest BCUT2D eigenvalue weighted by atomic mass is 10.1. The van der Waals surface area contributed by atoms with Crippen molar-refractivity contribution >= 4 is 34.3 Å². The summed E-state index contributed by atoms with van der Waals surface area (Å²) >= 11 is 0. The average molecular weight is 591 g/mol. The number of rotatable bonds is 4. The van der Waals surface area contributed by atoms with E-state index < -0.39 is 18.0 Å². The first-order valence-electron chi connectivity index (χ1n) is 13.0. The van der Waals surface area contributed by atoms with Crippen LogP contribution in [0.25, 0.3) is 33.6 Å². The van der Waals surface area contributed by atoms with Crippen molar-refractivity contribution in [1.82, 2.24) is 34.2 Å². The molecule has 0 radical (unpaired) electrons. The molecule has 1 aliphatic heterocycles. The second-order valence-corrected chi connectivity index (χ2v) is 9.56. The van der Waals surface area contributed by atoms with Gasteiger partial charge in [-0.2, -0.15) is 18.2 Å². The lowest BCUT2D eigenvalue weighted by molar-refractivity contribution is -0.192. The number of pyridine rings is 1. The zero-order chi connectivity index (χ0) is 30.1. The van der Waals surface area contributed by atoms with Crippen LogP contribution in [0.3, 0.4) is 0 Å². The third-order valence-corrected chi connectivity index (χ3v) is 6.73. The zero-order valence-corrected chi connectivity index (χ0v) is 22.2. The van der Waals surface area contributed by atoms with E-state index >= 15 is 0 Å². The summed E-state index contributed by atoms with van der Waals surface area (Å²) in [5, 5.41) is 13.7. The molecule has 43 heavy (non-hydrogen) atoms. The van der Waals surface area contributed by atoms with Crippen LogP contribution in [0.4, 0.5) is 29.2 Å². The Kier molecular flexibility index (Phi) is 7.19. The molecule has 6 aromatic rings. The molecule has 0 amide bonds. The van der Waals surface area contributed by atoms with Gasteiger partial charge in [-0.25, -0.2) is 24.1 Å². The van der Waals surface area contributed by atoms with Crippen molar-refractivity contribution in [3.63, 3.8) is 0 Å². The zero-order valence-electron chi connectivity index (χ0n) is 22.2. The molecule has 3 N–H and O–H groups in total. The normalized spacial score (nSPS) is 12.9. The van der Waals surface area contributed by atoms with Crippen LogP contribution >= 0.6 is 0 Å². The molecule has 0 bridgehead atoms. The van der Waals surface area contributed by atoms with Crippen LogP contribution in [-0.2, 0) is 17.8 Å². The summed E-state index contributed by atoms with van der Waals surface area (Å²) in [5.74, 6) is -2.84. The lowest BCUT2D eigenvalue weighted by Gasteiger charge is -2.13. The number of hydrogen-bond acceptors (Lipinski definition) is 7. The molecule has 7 rings (SSSR count). The van der Waals surface area contributed by atoms with Crippen LogP contribution in [0.15, 0.2) is 79.4 Å². The van der Waals surface area contributed by atoms with Gasteiger partial charge in [0.1, 0.15) is 12.0 Å². The number of para-hydroxylation sites is 2. The van der Waals surface area contributed by atoms with Gasteiger partial charge in [-0.1, -0.05) is 24.3 Å². The Morgan fingerprint density at radius 3 is 2.63 bits per heavy atom. The Labute approximate surface area is 240 Å². The number of carboxylic acids is 1. The Bertz CT molecular complexity index is 1970. The first-order valence-corrected chi connectivity index (χ1v) is 13.0. The highest BCUT2D eigenvalue weighted by molar-refractivity contribution is 5.77. The smallest absolute Gasteiger partial charge is 0.475 e.